The third-order valence-corrected chi connectivity index (χ3v) is 1.58. The fourth-order valence-electron chi connectivity index (χ4n) is 0.601. The molecular weight excluding hydrogens is 187 g/mol. The molecule has 1 atom stereocenters. The number of hydrogen-bond donors (Lipinski definition) is 0. The molecule has 1 unspecified atom stereocenters. The number of aromatic nitrogens is 4. The number of tetrazole rings is 1. The summed E-state index contributed by atoms with van der Waals surface area (Å²) < 4.78 is 0. The van der Waals surface area contributed by atoms with Crippen molar-refractivity contribution in [3.05, 3.63) is 17.9 Å². The van der Waals surface area contributed by atoms with Crippen LogP contribution < -0.4 is 0 Å². The number of allylic oxidation sites excluding steroid dienone is 1. The molecule has 4 nitrogen and oxygen atoms in total. The van der Waals surface area contributed by atoms with Crippen LogP contribution in [0.3, 0.4) is 0 Å². The second kappa shape index (κ2) is 4.31. The van der Waals surface area contributed by atoms with Crippen molar-refractivity contribution < 1.29 is 0 Å². The predicted octanol–water partition coefficient (Wildman–Crippen LogP) is 1.21. The van der Waals surface area contributed by atoms with Gasteiger partial charge in [-0.25, -0.2) is 0 Å². The van der Waals surface area contributed by atoms with Crippen LogP contribution in [0.1, 0.15) is 6.04 Å². The van der Waals surface area contributed by atoms with Gasteiger partial charge in [0.2, 0.25) is 0 Å². The highest BCUT2D eigenvalue weighted by Gasteiger charge is 2.05. The highest BCUT2D eigenvalue weighted by atomic mass is 35.5. The van der Waals surface area contributed by atoms with Crippen molar-refractivity contribution in [1.82, 2.24) is 20.2 Å². The maximum absolute atomic E-state index is 5.60. The third-order valence-electron chi connectivity index (χ3n) is 1.11. The first-order valence-corrected chi connectivity index (χ1v) is 3.91. The molecule has 0 radical (unpaired) electrons. The average molecular weight is 193 g/mol. The minimum Gasteiger partial charge on any atom is -0.156 e. The smallest absolute Gasteiger partial charge is 0.156 e. The molecule has 0 aliphatic rings. The summed E-state index contributed by atoms with van der Waals surface area (Å²) >= 11 is 11.0. The molecule has 0 N–H and O–H groups in total. The fraction of sp³-hybridized carbons (Fsp3) is 0.400. The van der Waals surface area contributed by atoms with Gasteiger partial charge in [-0.1, -0.05) is 11.6 Å². The second-order valence-electron chi connectivity index (χ2n) is 1.80. The van der Waals surface area contributed by atoms with Crippen LogP contribution in [-0.2, 0) is 0 Å². The Morgan fingerprint density at radius 2 is 2.45 bits per heavy atom. The van der Waals surface area contributed by atoms with Gasteiger partial charge in [-0.3, -0.25) is 0 Å². The molecular formula is C5H6Cl2N4. The van der Waals surface area contributed by atoms with E-state index in [1.54, 1.807) is 6.08 Å². The SMILES string of the molecule is ClC=CC(CCl)n1ncnn1. The maximum atomic E-state index is 5.60. The van der Waals surface area contributed by atoms with E-state index in [1.165, 1.54) is 16.7 Å². The van der Waals surface area contributed by atoms with Gasteiger partial charge >= 0.3 is 0 Å². The van der Waals surface area contributed by atoms with E-state index in [1.807, 2.05) is 0 Å². The Balaban J connectivity index is 2.71. The van der Waals surface area contributed by atoms with Crippen LogP contribution >= 0.6 is 23.2 Å². The first-order chi connectivity index (χ1) is 5.38. The Bertz CT molecular complexity index is 220. The van der Waals surface area contributed by atoms with Crippen molar-refractivity contribution in [3.8, 4) is 0 Å². The van der Waals surface area contributed by atoms with Gasteiger partial charge in [-0.05, 0) is 11.3 Å². The average Bonchev–Trinajstić information content (AvgIpc) is 2.52. The lowest BCUT2D eigenvalue weighted by Gasteiger charge is -2.04. The zero-order valence-electron chi connectivity index (χ0n) is 5.56. The van der Waals surface area contributed by atoms with E-state index in [9.17, 15) is 0 Å². The van der Waals surface area contributed by atoms with E-state index in [0.29, 0.717) is 5.88 Å². The maximum Gasteiger partial charge on any atom is 0.162 e. The highest BCUT2D eigenvalue weighted by molar-refractivity contribution is 6.25. The molecule has 0 saturated heterocycles. The fourth-order valence-corrected chi connectivity index (χ4v) is 0.995. The van der Waals surface area contributed by atoms with Gasteiger partial charge in [0.25, 0.3) is 0 Å². The number of rotatable bonds is 3. The molecule has 6 heteroatoms. The highest BCUT2D eigenvalue weighted by Crippen LogP contribution is 2.06. The van der Waals surface area contributed by atoms with E-state index >= 15 is 0 Å². The van der Waals surface area contributed by atoms with Crippen LogP contribution in [0, 0.1) is 0 Å². The summed E-state index contributed by atoms with van der Waals surface area (Å²) in [6.07, 6.45) is 3.04. The Labute approximate surface area is 73.8 Å². The van der Waals surface area contributed by atoms with Crippen LogP contribution in [0.15, 0.2) is 17.9 Å². The molecule has 1 rings (SSSR count). The normalized spacial score (nSPS) is 14.0. The Morgan fingerprint density at radius 1 is 1.64 bits per heavy atom. The lowest BCUT2D eigenvalue weighted by atomic mass is 10.4. The van der Waals surface area contributed by atoms with Crippen molar-refractivity contribution in [2.75, 3.05) is 5.88 Å². The number of nitrogens with zero attached hydrogens (tertiary/aromatic N) is 4. The Hall–Kier alpha value is -0.610. The van der Waals surface area contributed by atoms with Crippen molar-refractivity contribution in [2.24, 2.45) is 0 Å². The summed E-state index contributed by atoms with van der Waals surface area (Å²) in [7, 11) is 0. The Morgan fingerprint density at radius 3 is 2.91 bits per heavy atom. The molecule has 11 heavy (non-hydrogen) atoms. The molecule has 0 aliphatic carbocycles. The van der Waals surface area contributed by atoms with Gasteiger partial charge < -0.3 is 0 Å². The summed E-state index contributed by atoms with van der Waals surface area (Å²) in [5, 5.41) is 11.0. The van der Waals surface area contributed by atoms with Gasteiger partial charge in [0.15, 0.2) is 6.33 Å². The van der Waals surface area contributed by atoms with Gasteiger partial charge in [0, 0.05) is 5.54 Å². The molecule has 0 bridgehead atoms. The summed E-state index contributed by atoms with van der Waals surface area (Å²) in [5.41, 5.74) is 1.39. The molecule has 0 aromatic carbocycles. The number of alkyl halides is 1. The van der Waals surface area contributed by atoms with Gasteiger partial charge in [-0.2, -0.15) is 4.80 Å². The molecule has 0 spiro atoms. The molecule has 60 valence electrons. The molecule has 1 aromatic heterocycles. The zero-order chi connectivity index (χ0) is 8.10. The first-order valence-electron chi connectivity index (χ1n) is 2.93. The van der Waals surface area contributed by atoms with Gasteiger partial charge in [-0.15, -0.1) is 21.8 Å². The molecule has 1 aromatic rings. The monoisotopic (exact) mass is 192 g/mol. The van der Waals surface area contributed by atoms with Gasteiger partial charge in [0.05, 0.1) is 5.88 Å². The van der Waals surface area contributed by atoms with E-state index in [-0.39, 0.29) is 6.04 Å². The third kappa shape index (κ3) is 2.17. The molecule has 0 amide bonds. The van der Waals surface area contributed by atoms with Crippen LogP contribution in [0.25, 0.3) is 0 Å². The van der Waals surface area contributed by atoms with Crippen LogP contribution in [0.2, 0.25) is 0 Å². The summed E-state index contributed by atoms with van der Waals surface area (Å²) in [6.45, 7) is 0. The van der Waals surface area contributed by atoms with E-state index in [4.69, 9.17) is 23.2 Å². The Kier molecular flexibility index (Phi) is 3.32. The zero-order valence-corrected chi connectivity index (χ0v) is 7.07. The van der Waals surface area contributed by atoms with Crippen LogP contribution in [-0.4, -0.2) is 26.1 Å². The van der Waals surface area contributed by atoms with E-state index in [0.717, 1.165) is 0 Å². The molecule has 0 fully saturated rings. The lowest BCUT2D eigenvalue weighted by Crippen LogP contribution is -2.11. The van der Waals surface area contributed by atoms with Crippen LogP contribution in [0.5, 0.6) is 0 Å². The summed E-state index contributed by atoms with van der Waals surface area (Å²) in [5.74, 6) is 0.375. The minimum atomic E-state index is -0.114. The van der Waals surface area contributed by atoms with E-state index < -0.39 is 0 Å². The van der Waals surface area contributed by atoms with Gasteiger partial charge in [0.1, 0.15) is 6.04 Å². The topological polar surface area (TPSA) is 43.6 Å². The number of halogens is 2. The first kappa shape index (κ1) is 8.49. The standard InChI is InChI=1S/C5H6Cl2N4/c6-2-1-5(3-7)11-9-4-8-10-11/h1-2,4-5H,3H2. The summed E-state index contributed by atoms with van der Waals surface area (Å²) in [4.78, 5) is 1.39. The van der Waals surface area contributed by atoms with Crippen LogP contribution in [0.4, 0.5) is 0 Å². The van der Waals surface area contributed by atoms with Crippen molar-refractivity contribution in [1.29, 1.82) is 0 Å². The quantitative estimate of drug-likeness (QED) is 0.677. The summed E-state index contributed by atoms with van der Waals surface area (Å²) in [6, 6.07) is -0.114. The van der Waals surface area contributed by atoms with Crippen molar-refractivity contribution >= 4 is 23.2 Å². The van der Waals surface area contributed by atoms with Crippen molar-refractivity contribution in [2.45, 2.75) is 6.04 Å². The lowest BCUT2D eigenvalue weighted by molar-refractivity contribution is 0.496. The molecule has 1 heterocycles. The van der Waals surface area contributed by atoms with E-state index in [2.05, 4.69) is 15.4 Å². The molecule has 0 saturated carbocycles. The number of hydrogen-bond acceptors (Lipinski definition) is 3. The second-order valence-corrected chi connectivity index (χ2v) is 2.36. The molecule has 0 aliphatic heterocycles. The van der Waals surface area contributed by atoms with Crippen molar-refractivity contribution in [3.63, 3.8) is 0 Å². The largest absolute Gasteiger partial charge is 0.162 e. The minimum absolute atomic E-state index is 0.114. The predicted molar refractivity (Wildman–Crippen MR) is 42.6 cm³/mol.